The molecule has 0 atom stereocenters. The van der Waals surface area contributed by atoms with Crippen LogP contribution in [-0.2, 0) is 17.8 Å². The smallest absolute Gasteiger partial charge is 0.307 e. The van der Waals surface area contributed by atoms with Crippen LogP contribution in [0.25, 0.3) is 0 Å². The lowest BCUT2D eigenvalue weighted by molar-refractivity contribution is -0.136. The first kappa shape index (κ1) is 14.6. The second-order valence-electron chi connectivity index (χ2n) is 4.54. The molecule has 1 N–H and O–H groups in total. The highest BCUT2D eigenvalue weighted by Crippen LogP contribution is 2.24. The van der Waals surface area contributed by atoms with Crippen molar-refractivity contribution in [3.05, 3.63) is 63.6 Å². The summed E-state index contributed by atoms with van der Waals surface area (Å²) < 4.78 is 6.76. The first-order valence-corrected chi connectivity index (χ1v) is 7.03. The minimum Gasteiger partial charge on any atom is -0.489 e. The summed E-state index contributed by atoms with van der Waals surface area (Å²) in [5, 5.41) is 8.91. The van der Waals surface area contributed by atoms with E-state index in [-0.39, 0.29) is 6.42 Å². The predicted molar refractivity (Wildman–Crippen MR) is 81.0 cm³/mol. The molecule has 0 fully saturated rings. The van der Waals surface area contributed by atoms with Gasteiger partial charge in [-0.1, -0.05) is 46.3 Å². The number of aryl methyl sites for hydroxylation is 1. The van der Waals surface area contributed by atoms with Gasteiger partial charge in [0.25, 0.3) is 0 Å². The number of halogens is 1. The number of rotatable bonds is 5. The average molecular weight is 335 g/mol. The van der Waals surface area contributed by atoms with E-state index in [1.165, 1.54) is 0 Å². The SMILES string of the molecule is Cc1ccc(Br)cc1OCc1ccccc1CC(=O)O. The number of carboxylic acid groups (broad SMARTS) is 1. The van der Waals surface area contributed by atoms with E-state index >= 15 is 0 Å². The van der Waals surface area contributed by atoms with Gasteiger partial charge in [-0.25, -0.2) is 0 Å². The van der Waals surface area contributed by atoms with E-state index < -0.39 is 5.97 Å². The third-order valence-electron chi connectivity index (χ3n) is 2.99. The van der Waals surface area contributed by atoms with Gasteiger partial charge in [0, 0.05) is 4.47 Å². The van der Waals surface area contributed by atoms with Crippen LogP contribution in [0.3, 0.4) is 0 Å². The highest BCUT2D eigenvalue weighted by Gasteiger charge is 2.08. The Morgan fingerprint density at radius 2 is 1.90 bits per heavy atom. The molecule has 0 saturated carbocycles. The van der Waals surface area contributed by atoms with Crippen LogP contribution in [0.15, 0.2) is 46.9 Å². The van der Waals surface area contributed by atoms with Crippen LogP contribution in [0.1, 0.15) is 16.7 Å². The summed E-state index contributed by atoms with van der Waals surface area (Å²) >= 11 is 3.41. The third-order valence-corrected chi connectivity index (χ3v) is 3.49. The maximum atomic E-state index is 10.8. The van der Waals surface area contributed by atoms with Crippen LogP contribution in [0, 0.1) is 6.92 Å². The molecule has 0 saturated heterocycles. The van der Waals surface area contributed by atoms with Gasteiger partial charge in [-0.05, 0) is 35.7 Å². The normalized spacial score (nSPS) is 10.3. The number of ether oxygens (including phenoxy) is 1. The molecule has 0 amide bonds. The van der Waals surface area contributed by atoms with Gasteiger partial charge >= 0.3 is 5.97 Å². The Morgan fingerprint density at radius 3 is 2.60 bits per heavy atom. The molecule has 104 valence electrons. The van der Waals surface area contributed by atoms with Crippen LogP contribution < -0.4 is 4.74 Å². The molecule has 4 heteroatoms. The van der Waals surface area contributed by atoms with Gasteiger partial charge in [0.05, 0.1) is 6.42 Å². The first-order valence-electron chi connectivity index (χ1n) is 6.24. The van der Waals surface area contributed by atoms with Crippen LogP contribution in [0.2, 0.25) is 0 Å². The summed E-state index contributed by atoms with van der Waals surface area (Å²) in [6.45, 7) is 2.34. The number of hydrogen-bond acceptors (Lipinski definition) is 2. The van der Waals surface area contributed by atoms with Gasteiger partial charge in [0.15, 0.2) is 0 Å². The number of carboxylic acids is 1. The highest BCUT2D eigenvalue weighted by molar-refractivity contribution is 9.10. The fourth-order valence-corrected chi connectivity index (χ4v) is 2.26. The van der Waals surface area contributed by atoms with Crippen LogP contribution in [-0.4, -0.2) is 11.1 Å². The molecule has 0 aromatic heterocycles. The van der Waals surface area contributed by atoms with E-state index in [9.17, 15) is 4.79 Å². The molecule has 20 heavy (non-hydrogen) atoms. The molecule has 0 heterocycles. The molecule has 2 aromatic carbocycles. The van der Waals surface area contributed by atoms with Crippen molar-refractivity contribution in [2.75, 3.05) is 0 Å². The molecule has 2 rings (SSSR count). The van der Waals surface area contributed by atoms with E-state index in [1.54, 1.807) is 0 Å². The Labute approximate surface area is 126 Å². The molecular formula is C16H15BrO3. The van der Waals surface area contributed by atoms with Crippen molar-refractivity contribution in [2.45, 2.75) is 20.0 Å². The Hall–Kier alpha value is -1.81. The van der Waals surface area contributed by atoms with Gasteiger partial charge in [-0.2, -0.15) is 0 Å². The van der Waals surface area contributed by atoms with Crippen LogP contribution in [0.4, 0.5) is 0 Å². The van der Waals surface area contributed by atoms with Gasteiger partial charge in [-0.3, -0.25) is 4.79 Å². The monoisotopic (exact) mass is 334 g/mol. The van der Waals surface area contributed by atoms with Gasteiger partial charge < -0.3 is 9.84 Å². The molecule has 3 nitrogen and oxygen atoms in total. The summed E-state index contributed by atoms with van der Waals surface area (Å²) in [6, 6.07) is 13.3. The van der Waals surface area contributed by atoms with Crippen molar-refractivity contribution in [1.29, 1.82) is 0 Å². The summed E-state index contributed by atoms with van der Waals surface area (Å²) in [5.74, 6) is -0.0411. The van der Waals surface area contributed by atoms with Crippen molar-refractivity contribution in [1.82, 2.24) is 0 Å². The van der Waals surface area contributed by atoms with Crippen LogP contribution >= 0.6 is 15.9 Å². The molecule has 0 spiro atoms. The Kier molecular flexibility index (Phi) is 4.79. The number of benzene rings is 2. The van der Waals surface area contributed by atoms with E-state index in [0.29, 0.717) is 6.61 Å². The van der Waals surface area contributed by atoms with E-state index in [0.717, 1.165) is 26.9 Å². The minimum atomic E-state index is -0.837. The summed E-state index contributed by atoms with van der Waals surface area (Å²) in [7, 11) is 0. The molecule has 0 bridgehead atoms. The highest BCUT2D eigenvalue weighted by atomic mass is 79.9. The van der Waals surface area contributed by atoms with E-state index in [1.807, 2.05) is 49.4 Å². The van der Waals surface area contributed by atoms with Crippen molar-refractivity contribution >= 4 is 21.9 Å². The van der Waals surface area contributed by atoms with Crippen molar-refractivity contribution < 1.29 is 14.6 Å². The number of carbonyl (C=O) groups is 1. The van der Waals surface area contributed by atoms with Gasteiger partial charge in [0.1, 0.15) is 12.4 Å². The molecular weight excluding hydrogens is 320 g/mol. The largest absolute Gasteiger partial charge is 0.489 e. The minimum absolute atomic E-state index is 0.0109. The number of aliphatic carboxylic acids is 1. The van der Waals surface area contributed by atoms with Crippen LogP contribution in [0.5, 0.6) is 5.75 Å². The standard InChI is InChI=1S/C16H15BrO3/c1-11-6-7-14(17)9-15(11)20-10-13-5-3-2-4-12(13)8-16(18)19/h2-7,9H,8,10H2,1H3,(H,18,19). The second kappa shape index (κ2) is 6.57. The lowest BCUT2D eigenvalue weighted by Gasteiger charge is -2.12. The summed E-state index contributed by atoms with van der Waals surface area (Å²) in [4.78, 5) is 10.8. The predicted octanol–water partition coefficient (Wildman–Crippen LogP) is 3.96. The second-order valence-corrected chi connectivity index (χ2v) is 5.45. The van der Waals surface area contributed by atoms with Gasteiger partial charge in [-0.15, -0.1) is 0 Å². The quantitative estimate of drug-likeness (QED) is 0.900. The summed E-state index contributed by atoms with van der Waals surface area (Å²) in [6.07, 6.45) is 0.0109. The fraction of sp³-hybridized carbons (Fsp3) is 0.188. The Bertz CT molecular complexity index is 623. The fourth-order valence-electron chi connectivity index (χ4n) is 1.92. The van der Waals surface area contributed by atoms with Crippen molar-refractivity contribution in [3.63, 3.8) is 0 Å². The molecule has 0 aliphatic rings. The molecule has 2 aromatic rings. The van der Waals surface area contributed by atoms with Crippen molar-refractivity contribution in [3.8, 4) is 5.75 Å². The lowest BCUT2D eigenvalue weighted by atomic mass is 10.1. The third kappa shape index (κ3) is 3.84. The molecule has 0 radical (unpaired) electrons. The maximum Gasteiger partial charge on any atom is 0.307 e. The Balaban J connectivity index is 2.14. The zero-order chi connectivity index (χ0) is 14.5. The molecule has 0 aliphatic heterocycles. The average Bonchev–Trinajstić information content (AvgIpc) is 2.41. The van der Waals surface area contributed by atoms with Gasteiger partial charge in [0.2, 0.25) is 0 Å². The number of hydrogen-bond donors (Lipinski definition) is 1. The maximum absolute atomic E-state index is 10.8. The lowest BCUT2D eigenvalue weighted by Crippen LogP contribution is -2.06. The zero-order valence-electron chi connectivity index (χ0n) is 11.1. The summed E-state index contributed by atoms with van der Waals surface area (Å²) in [5.41, 5.74) is 2.73. The van der Waals surface area contributed by atoms with Crippen molar-refractivity contribution in [2.24, 2.45) is 0 Å². The molecule has 0 unspecified atom stereocenters. The van der Waals surface area contributed by atoms with E-state index in [4.69, 9.17) is 9.84 Å². The van der Waals surface area contributed by atoms with E-state index in [2.05, 4.69) is 15.9 Å². The zero-order valence-corrected chi connectivity index (χ0v) is 12.7. The topological polar surface area (TPSA) is 46.5 Å². The first-order chi connectivity index (χ1) is 9.56. The Morgan fingerprint density at radius 1 is 1.20 bits per heavy atom. The molecule has 0 aliphatic carbocycles.